The lowest BCUT2D eigenvalue weighted by Crippen LogP contribution is -2.17. The van der Waals surface area contributed by atoms with Gasteiger partial charge in [-0.05, 0) is 29.3 Å². The van der Waals surface area contributed by atoms with Crippen LogP contribution in [0.5, 0.6) is 5.75 Å². The number of thioether (sulfide) groups is 1. The van der Waals surface area contributed by atoms with Crippen LogP contribution in [0.2, 0.25) is 0 Å². The monoisotopic (exact) mass is 380 g/mol. The Balaban J connectivity index is 1.60. The molecule has 2 aromatic heterocycles. The largest absolute Gasteiger partial charge is 0.493 e. The average molecular weight is 380 g/mol. The van der Waals surface area contributed by atoms with E-state index in [0.29, 0.717) is 15.0 Å². The number of amides is 1. The molecule has 4 heterocycles. The van der Waals surface area contributed by atoms with Crippen LogP contribution >= 0.6 is 24.0 Å². The number of benzene rings is 1. The molecule has 0 radical (unpaired) electrons. The fraction of sp³-hybridized carbons (Fsp3) is 0.105. The number of nitrogens with zero attached hydrogens (tertiary/aromatic N) is 1. The summed E-state index contributed by atoms with van der Waals surface area (Å²) in [5.74, 6) is 1.34. The van der Waals surface area contributed by atoms with Gasteiger partial charge in [-0.15, -0.1) is 0 Å². The number of rotatable bonds is 2. The van der Waals surface area contributed by atoms with E-state index >= 15 is 0 Å². The van der Waals surface area contributed by atoms with Crippen molar-refractivity contribution in [3.05, 3.63) is 52.9 Å². The van der Waals surface area contributed by atoms with Gasteiger partial charge in [-0.25, -0.2) is 0 Å². The lowest BCUT2D eigenvalue weighted by atomic mass is 10.0. The first kappa shape index (κ1) is 15.6. The number of hydrogen-bond acceptors (Lipinski definition) is 6. The lowest BCUT2D eigenvalue weighted by Gasteiger charge is -2.04. The third kappa shape index (κ3) is 2.60. The second kappa shape index (κ2) is 5.96. The number of thiocarbonyl (C=S) groups is 1. The van der Waals surface area contributed by atoms with Crippen molar-refractivity contribution in [1.29, 1.82) is 0 Å². The summed E-state index contributed by atoms with van der Waals surface area (Å²) in [4.78, 5) is 16.7. The molecule has 2 aliphatic rings. The summed E-state index contributed by atoms with van der Waals surface area (Å²) in [6.45, 7) is 0.724. The molecule has 1 saturated heterocycles. The summed E-state index contributed by atoms with van der Waals surface area (Å²) in [6, 6.07) is 8.01. The van der Waals surface area contributed by atoms with Crippen molar-refractivity contribution in [1.82, 2.24) is 10.3 Å². The Kier molecular flexibility index (Phi) is 3.58. The van der Waals surface area contributed by atoms with E-state index in [1.807, 2.05) is 18.2 Å². The van der Waals surface area contributed by atoms with Crippen LogP contribution in [0.1, 0.15) is 11.3 Å². The van der Waals surface area contributed by atoms with Crippen molar-refractivity contribution in [2.24, 2.45) is 0 Å². The number of furan rings is 1. The van der Waals surface area contributed by atoms with Crippen LogP contribution in [-0.2, 0) is 11.2 Å². The van der Waals surface area contributed by atoms with E-state index < -0.39 is 0 Å². The predicted molar refractivity (Wildman–Crippen MR) is 105 cm³/mol. The van der Waals surface area contributed by atoms with Gasteiger partial charge < -0.3 is 14.5 Å². The van der Waals surface area contributed by atoms with E-state index in [9.17, 15) is 4.79 Å². The standard InChI is InChI=1S/C19H12N2O3S2/c22-18-16(26-19(25)21-18)7-13-6-12-8-20-9-14(17(12)24-13)10-1-2-15-11(5-10)3-4-23-15/h1-2,5-9H,3-4H2,(H,21,22,25). The summed E-state index contributed by atoms with van der Waals surface area (Å²) in [5.41, 5.74) is 3.90. The molecule has 5 rings (SSSR count). The molecule has 3 aromatic rings. The van der Waals surface area contributed by atoms with Crippen LogP contribution < -0.4 is 10.1 Å². The second-order valence-corrected chi connectivity index (χ2v) is 7.75. The number of ether oxygens (including phenoxy) is 1. The van der Waals surface area contributed by atoms with E-state index in [0.717, 1.165) is 40.9 Å². The van der Waals surface area contributed by atoms with Crippen molar-refractivity contribution >= 4 is 51.3 Å². The smallest absolute Gasteiger partial charge is 0.263 e. The number of hydrogen-bond donors (Lipinski definition) is 1. The highest BCUT2D eigenvalue weighted by atomic mass is 32.2. The zero-order valence-electron chi connectivity index (χ0n) is 13.4. The number of fused-ring (bicyclic) bond motifs is 2. The van der Waals surface area contributed by atoms with Crippen LogP contribution in [0.3, 0.4) is 0 Å². The van der Waals surface area contributed by atoms with Crippen molar-refractivity contribution in [2.75, 3.05) is 6.61 Å². The normalized spacial score (nSPS) is 17.6. The second-order valence-electron chi connectivity index (χ2n) is 6.03. The zero-order valence-corrected chi connectivity index (χ0v) is 15.1. The third-order valence-electron chi connectivity index (χ3n) is 4.36. The number of carbonyl (C=O) groups excluding carboxylic acids is 1. The molecule has 0 saturated carbocycles. The number of carbonyl (C=O) groups is 1. The van der Waals surface area contributed by atoms with Crippen molar-refractivity contribution in [3.63, 3.8) is 0 Å². The van der Waals surface area contributed by atoms with Crippen LogP contribution in [-0.4, -0.2) is 21.8 Å². The SMILES string of the molecule is O=C1NC(=S)SC1=Cc1cc2cncc(-c3ccc4c(c3)CCO4)c2o1. The Labute approximate surface area is 158 Å². The first-order valence-electron chi connectivity index (χ1n) is 8.06. The molecule has 0 atom stereocenters. The summed E-state index contributed by atoms with van der Waals surface area (Å²) in [6.07, 6.45) is 6.17. The minimum absolute atomic E-state index is 0.197. The maximum Gasteiger partial charge on any atom is 0.263 e. The molecule has 26 heavy (non-hydrogen) atoms. The highest BCUT2D eigenvalue weighted by Gasteiger charge is 2.23. The predicted octanol–water partition coefficient (Wildman–Crippen LogP) is 3.92. The first-order chi connectivity index (χ1) is 12.7. The van der Waals surface area contributed by atoms with Crippen LogP contribution in [0.4, 0.5) is 0 Å². The highest BCUT2D eigenvalue weighted by molar-refractivity contribution is 8.26. The number of pyridine rings is 1. The van der Waals surface area contributed by atoms with Crippen LogP contribution in [0.15, 0.2) is 46.0 Å². The van der Waals surface area contributed by atoms with E-state index in [-0.39, 0.29) is 5.91 Å². The van der Waals surface area contributed by atoms with Gasteiger partial charge in [0.1, 0.15) is 21.4 Å². The molecule has 1 fully saturated rings. The summed E-state index contributed by atoms with van der Waals surface area (Å²) < 4.78 is 12.1. The van der Waals surface area contributed by atoms with Gasteiger partial charge in [0.25, 0.3) is 5.91 Å². The van der Waals surface area contributed by atoms with Gasteiger partial charge in [-0.3, -0.25) is 9.78 Å². The zero-order chi connectivity index (χ0) is 17.7. The Hall–Kier alpha value is -2.64. The third-order valence-corrected chi connectivity index (χ3v) is 5.52. The topological polar surface area (TPSA) is 64.4 Å². The molecule has 5 nitrogen and oxygen atoms in total. The maximum atomic E-state index is 11.8. The van der Waals surface area contributed by atoms with Gasteiger partial charge in [-0.1, -0.05) is 30.0 Å². The molecular weight excluding hydrogens is 368 g/mol. The molecule has 2 aliphatic heterocycles. The van der Waals surface area contributed by atoms with Crippen LogP contribution in [0.25, 0.3) is 28.2 Å². The average Bonchev–Trinajstić information content (AvgIpc) is 3.32. The number of nitrogens with one attached hydrogen (secondary N) is 1. The maximum absolute atomic E-state index is 11.8. The molecule has 7 heteroatoms. The van der Waals surface area contributed by atoms with Gasteiger partial charge in [-0.2, -0.15) is 0 Å². The van der Waals surface area contributed by atoms with Crippen molar-refractivity contribution < 1.29 is 13.9 Å². The van der Waals surface area contributed by atoms with Crippen LogP contribution in [0, 0.1) is 0 Å². The molecule has 0 unspecified atom stereocenters. The highest BCUT2D eigenvalue weighted by Crippen LogP contribution is 2.35. The summed E-state index contributed by atoms with van der Waals surface area (Å²) in [7, 11) is 0. The minimum Gasteiger partial charge on any atom is -0.493 e. The molecule has 1 aromatic carbocycles. The molecule has 0 bridgehead atoms. The van der Waals surface area contributed by atoms with Gasteiger partial charge >= 0.3 is 0 Å². The fourth-order valence-electron chi connectivity index (χ4n) is 3.16. The summed E-state index contributed by atoms with van der Waals surface area (Å²) >= 11 is 6.25. The lowest BCUT2D eigenvalue weighted by molar-refractivity contribution is -0.115. The Morgan fingerprint density at radius 3 is 3.04 bits per heavy atom. The minimum atomic E-state index is -0.197. The number of aromatic nitrogens is 1. The van der Waals surface area contributed by atoms with Crippen molar-refractivity contribution in [2.45, 2.75) is 6.42 Å². The first-order valence-corrected chi connectivity index (χ1v) is 9.28. The molecule has 1 amide bonds. The van der Waals surface area contributed by atoms with E-state index in [1.165, 1.54) is 17.3 Å². The van der Waals surface area contributed by atoms with E-state index in [4.69, 9.17) is 21.4 Å². The molecular formula is C19H12N2O3S2. The Morgan fingerprint density at radius 1 is 1.27 bits per heavy atom. The van der Waals surface area contributed by atoms with Gasteiger partial charge in [0.05, 0.1) is 11.5 Å². The Morgan fingerprint density at radius 2 is 2.19 bits per heavy atom. The fourth-order valence-corrected chi connectivity index (χ4v) is 4.19. The molecule has 128 valence electrons. The van der Waals surface area contributed by atoms with Gasteiger partial charge in [0.2, 0.25) is 0 Å². The quantitative estimate of drug-likeness (QED) is 0.537. The van der Waals surface area contributed by atoms with Gasteiger partial charge in [0.15, 0.2) is 0 Å². The Bertz CT molecular complexity index is 1120. The molecule has 1 N–H and O–H groups in total. The molecule has 0 spiro atoms. The summed E-state index contributed by atoms with van der Waals surface area (Å²) in [5, 5.41) is 3.49. The van der Waals surface area contributed by atoms with E-state index in [1.54, 1.807) is 18.5 Å². The van der Waals surface area contributed by atoms with E-state index in [2.05, 4.69) is 16.4 Å². The van der Waals surface area contributed by atoms with Gasteiger partial charge in [0, 0.05) is 35.8 Å². The van der Waals surface area contributed by atoms with Crippen molar-refractivity contribution in [3.8, 4) is 16.9 Å². The molecule has 0 aliphatic carbocycles.